The first-order valence-electron chi connectivity index (χ1n) is 11.3. The van der Waals surface area contributed by atoms with Crippen LogP contribution in [0.2, 0.25) is 0 Å². The van der Waals surface area contributed by atoms with E-state index >= 15 is 0 Å². The van der Waals surface area contributed by atoms with Crippen molar-refractivity contribution >= 4 is 40.1 Å². The summed E-state index contributed by atoms with van der Waals surface area (Å²) in [6.45, 7) is 2.10. The highest BCUT2D eigenvalue weighted by atomic mass is 79.9. The lowest BCUT2D eigenvalue weighted by Gasteiger charge is -2.15. The molecule has 0 saturated heterocycles. The SMILES string of the molecule is COc1cc(CNCCSc2nnnn2-c2ccccc2)cc(Br)c1OCc1ccc2c(c1)OCO2.Cl. The van der Waals surface area contributed by atoms with Gasteiger partial charge in [-0.15, -0.1) is 17.5 Å². The Hall–Kier alpha value is -2.99. The summed E-state index contributed by atoms with van der Waals surface area (Å²) in [7, 11) is 1.64. The maximum absolute atomic E-state index is 6.08. The van der Waals surface area contributed by atoms with Crippen LogP contribution < -0.4 is 24.3 Å². The molecule has 1 aliphatic rings. The highest BCUT2D eigenvalue weighted by Gasteiger charge is 2.16. The van der Waals surface area contributed by atoms with Crippen LogP contribution in [-0.2, 0) is 13.2 Å². The van der Waals surface area contributed by atoms with E-state index in [1.807, 2.05) is 60.7 Å². The number of thioether (sulfide) groups is 1. The molecule has 1 N–H and O–H groups in total. The lowest BCUT2D eigenvalue weighted by Crippen LogP contribution is -2.17. The number of methoxy groups -OCH3 is 1. The Balaban J connectivity index is 0.00000320. The maximum atomic E-state index is 6.08. The minimum Gasteiger partial charge on any atom is -0.493 e. The number of aromatic nitrogens is 4. The van der Waals surface area contributed by atoms with Gasteiger partial charge in [0, 0.05) is 18.8 Å². The van der Waals surface area contributed by atoms with Crippen molar-refractivity contribution in [2.75, 3.05) is 26.2 Å². The monoisotopic (exact) mass is 605 g/mol. The van der Waals surface area contributed by atoms with Gasteiger partial charge in [-0.2, -0.15) is 4.68 Å². The van der Waals surface area contributed by atoms with Gasteiger partial charge in [-0.25, -0.2) is 0 Å². The van der Waals surface area contributed by atoms with Gasteiger partial charge >= 0.3 is 0 Å². The van der Waals surface area contributed by atoms with Gasteiger partial charge in [-0.3, -0.25) is 0 Å². The van der Waals surface area contributed by atoms with Gasteiger partial charge in [0.1, 0.15) is 6.61 Å². The summed E-state index contributed by atoms with van der Waals surface area (Å²) in [4.78, 5) is 0. The summed E-state index contributed by atoms with van der Waals surface area (Å²) in [5.41, 5.74) is 3.00. The molecule has 0 aliphatic carbocycles. The zero-order valence-corrected chi connectivity index (χ0v) is 23.1. The van der Waals surface area contributed by atoms with Crippen molar-refractivity contribution in [2.45, 2.75) is 18.3 Å². The molecule has 9 nitrogen and oxygen atoms in total. The molecule has 0 bridgehead atoms. The number of tetrazole rings is 1. The van der Waals surface area contributed by atoms with Crippen molar-refractivity contribution in [3.63, 3.8) is 0 Å². The van der Waals surface area contributed by atoms with Crippen LogP contribution in [0.3, 0.4) is 0 Å². The number of hydrogen-bond acceptors (Lipinski definition) is 9. The molecule has 3 aromatic carbocycles. The van der Waals surface area contributed by atoms with Crippen molar-refractivity contribution in [3.8, 4) is 28.7 Å². The van der Waals surface area contributed by atoms with Gasteiger partial charge in [0.2, 0.25) is 11.9 Å². The van der Waals surface area contributed by atoms with Crippen LogP contribution in [0.4, 0.5) is 0 Å². The third kappa shape index (κ3) is 6.67. The Bertz CT molecular complexity index is 1330. The van der Waals surface area contributed by atoms with Crippen LogP contribution in [0.5, 0.6) is 23.0 Å². The third-order valence-electron chi connectivity index (χ3n) is 5.39. The van der Waals surface area contributed by atoms with Crippen molar-refractivity contribution in [3.05, 3.63) is 76.3 Å². The fourth-order valence-corrected chi connectivity index (χ4v) is 5.04. The highest BCUT2D eigenvalue weighted by molar-refractivity contribution is 9.10. The minimum atomic E-state index is 0. The number of para-hydroxylation sites is 1. The molecule has 5 rings (SSSR count). The van der Waals surface area contributed by atoms with E-state index in [1.165, 1.54) is 0 Å². The van der Waals surface area contributed by atoms with Crippen molar-refractivity contribution in [1.82, 2.24) is 25.5 Å². The van der Waals surface area contributed by atoms with Crippen molar-refractivity contribution < 1.29 is 18.9 Å². The van der Waals surface area contributed by atoms with Crippen LogP contribution in [0, 0.1) is 0 Å². The van der Waals surface area contributed by atoms with Crippen LogP contribution in [0.1, 0.15) is 11.1 Å². The Morgan fingerprint density at radius 2 is 1.89 bits per heavy atom. The van der Waals surface area contributed by atoms with Gasteiger partial charge < -0.3 is 24.3 Å². The number of fused-ring (bicyclic) bond motifs is 1. The average molecular weight is 607 g/mol. The molecule has 0 amide bonds. The Labute approximate surface area is 233 Å². The lowest BCUT2D eigenvalue weighted by molar-refractivity contribution is 0.174. The van der Waals surface area contributed by atoms with Gasteiger partial charge in [0.05, 0.1) is 17.3 Å². The predicted octanol–water partition coefficient (Wildman–Crippen LogP) is 5.04. The average Bonchev–Trinajstić information content (AvgIpc) is 3.57. The molecule has 1 aromatic heterocycles. The molecule has 1 aliphatic heterocycles. The van der Waals surface area contributed by atoms with E-state index in [1.54, 1.807) is 23.6 Å². The number of nitrogens with zero attached hydrogens (tertiary/aromatic N) is 4. The smallest absolute Gasteiger partial charge is 0.231 e. The molecule has 2 heterocycles. The van der Waals surface area contributed by atoms with Crippen LogP contribution in [0.25, 0.3) is 5.69 Å². The zero-order valence-electron chi connectivity index (χ0n) is 19.9. The van der Waals surface area contributed by atoms with E-state index in [0.29, 0.717) is 24.7 Å². The number of nitrogens with one attached hydrogen (secondary N) is 1. The first-order valence-corrected chi connectivity index (χ1v) is 13.0. The molecule has 0 fully saturated rings. The quantitative estimate of drug-likeness (QED) is 0.186. The molecule has 4 aromatic rings. The summed E-state index contributed by atoms with van der Waals surface area (Å²) in [5, 5.41) is 16.3. The summed E-state index contributed by atoms with van der Waals surface area (Å²) < 4.78 is 25.1. The van der Waals surface area contributed by atoms with Gasteiger partial charge in [-0.1, -0.05) is 36.0 Å². The molecule has 194 valence electrons. The molecule has 0 unspecified atom stereocenters. The number of rotatable bonds is 11. The summed E-state index contributed by atoms with van der Waals surface area (Å²) in [6, 6.07) is 19.7. The molecular formula is C25H25BrClN5O4S. The molecular weight excluding hydrogens is 582 g/mol. The number of halogens is 2. The summed E-state index contributed by atoms with van der Waals surface area (Å²) >= 11 is 5.24. The highest BCUT2D eigenvalue weighted by Crippen LogP contribution is 2.38. The molecule has 0 radical (unpaired) electrons. The van der Waals surface area contributed by atoms with Crippen LogP contribution in [-0.4, -0.2) is 46.4 Å². The van der Waals surface area contributed by atoms with E-state index in [0.717, 1.165) is 50.2 Å². The van der Waals surface area contributed by atoms with E-state index in [-0.39, 0.29) is 19.2 Å². The first kappa shape index (κ1) is 27.1. The fraction of sp³-hybridized carbons (Fsp3) is 0.240. The van der Waals surface area contributed by atoms with Crippen molar-refractivity contribution in [2.24, 2.45) is 0 Å². The van der Waals surface area contributed by atoms with E-state index in [4.69, 9.17) is 18.9 Å². The van der Waals surface area contributed by atoms with Gasteiger partial charge in [0.15, 0.2) is 23.0 Å². The second-order valence-corrected chi connectivity index (χ2v) is 9.74. The van der Waals surface area contributed by atoms with E-state index in [2.05, 4.69) is 36.8 Å². The molecule has 12 heteroatoms. The van der Waals surface area contributed by atoms with Crippen molar-refractivity contribution in [1.29, 1.82) is 0 Å². The minimum absolute atomic E-state index is 0. The molecule has 0 saturated carbocycles. The first-order chi connectivity index (χ1) is 17.7. The topological polar surface area (TPSA) is 92.6 Å². The maximum Gasteiger partial charge on any atom is 0.231 e. The Kier molecular flexibility index (Phi) is 9.51. The largest absolute Gasteiger partial charge is 0.493 e. The Morgan fingerprint density at radius 1 is 1.05 bits per heavy atom. The molecule has 0 atom stereocenters. The number of benzene rings is 3. The van der Waals surface area contributed by atoms with Crippen LogP contribution in [0.15, 0.2) is 70.3 Å². The second kappa shape index (κ2) is 13.0. The normalized spacial score (nSPS) is 11.7. The summed E-state index contributed by atoms with van der Waals surface area (Å²) in [6.07, 6.45) is 0. The Morgan fingerprint density at radius 3 is 2.73 bits per heavy atom. The molecule has 37 heavy (non-hydrogen) atoms. The molecule has 0 spiro atoms. The predicted molar refractivity (Wildman–Crippen MR) is 146 cm³/mol. The summed E-state index contributed by atoms with van der Waals surface area (Å²) in [5.74, 6) is 3.63. The van der Waals surface area contributed by atoms with Gasteiger partial charge in [-0.05, 0) is 73.9 Å². The standard InChI is InChI=1S/C25H24BrN5O4S.ClH/c1-32-23-13-18(11-20(26)24(23)33-15-17-7-8-21-22(12-17)35-16-34-21)14-27-9-10-36-25-28-29-30-31(25)19-5-3-2-4-6-19;/h2-8,11-13,27H,9-10,14-16H2,1H3;1H. The van der Waals surface area contributed by atoms with E-state index in [9.17, 15) is 0 Å². The third-order valence-corrected chi connectivity index (χ3v) is 6.90. The fourth-order valence-electron chi connectivity index (χ4n) is 3.65. The lowest BCUT2D eigenvalue weighted by atomic mass is 10.2. The van der Waals surface area contributed by atoms with Gasteiger partial charge in [0.25, 0.3) is 0 Å². The number of ether oxygens (including phenoxy) is 4. The van der Waals surface area contributed by atoms with Crippen LogP contribution >= 0.6 is 40.1 Å². The number of hydrogen-bond donors (Lipinski definition) is 1. The second-order valence-electron chi connectivity index (χ2n) is 7.82. The zero-order chi connectivity index (χ0) is 24.7. The van der Waals surface area contributed by atoms with E-state index < -0.39 is 0 Å².